The van der Waals surface area contributed by atoms with Gasteiger partial charge >= 0.3 is 5.97 Å². The van der Waals surface area contributed by atoms with Gasteiger partial charge in [0.05, 0.1) is 11.0 Å². The Hall–Kier alpha value is -2.47. The molecule has 2 bridgehead atoms. The molecule has 2 unspecified atom stereocenters. The Bertz CT molecular complexity index is 1030. The van der Waals surface area contributed by atoms with Gasteiger partial charge in [0.25, 0.3) is 5.56 Å². The van der Waals surface area contributed by atoms with Crippen LogP contribution in [0.25, 0.3) is 11.0 Å². The molecule has 2 saturated heterocycles. The number of carboxylic acids is 1. The molecular formula is C24H29N3O3. The minimum absolute atomic E-state index is 0.0229. The van der Waals surface area contributed by atoms with Crippen LogP contribution in [0.2, 0.25) is 0 Å². The van der Waals surface area contributed by atoms with Crippen LogP contribution < -0.4 is 5.56 Å². The minimum Gasteiger partial charge on any atom is -0.476 e. The Morgan fingerprint density at radius 2 is 1.77 bits per heavy atom. The maximum atomic E-state index is 13.1. The molecule has 1 aliphatic carbocycles. The van der Waals surface area contributed by atoms with E-state index in [1.165, 1.54) is 32.1 Å². The van der Waals surface area contributed by atoms with Gasteiger partial charge in [-0.05, 0) is 57.1 Å². The van der Waals surface area contributed by atoms with E-state index >= 15 is 0 Å². The Morgan fingerprint density at radius 1 is 1.00 bits per heavy atom. The maximum Gasteiger partial charge on any atom is 0.360 e. The fraction of sp³-hybridized carbons (Fsp3) is 0.542. The Labute approximate surface area is 176 Å². The molecule has 0 radical (unpaired) electrons. The van der Waals surface area contributed by atoms with Crippen LogP contribution in [0.3, 0.4) is 0 Å². The van der Waals surface area contributed by atoms with Gasteiger partial charge < -0.3 is 9.67 Å². The number of nitrogens with zero attached hydrogens (tertiary/aromatic N) is 3. The predicted molar refractivity (Wildman–Crippen MR) is 116 cm³/mol. The number of fused-ring (bicyclic) bond motifs is 3. The van der Waals surface area contributed by atoms with Gasteiger partial charge in [-0.2, -0.15) is 0 Å². The Kier molecular flexibility index (Phi) is 5.19. The highest BCUT2D eigenvalue weighted by Gasteiger charge is 2.44. The first kappa shape index (κ1) is 19.5. The molecule has 6 nitrogen and oxygen atoms in total. The van der Waals surface area contributed by atoms with Gasteiger partial charge in [-0.25, -0.2) is 9.78 Å². The molecule has 2 fully saturated rings. The summed E-state index contributed by atoms with van der Waals surface area (Å²) in [5.41, 5.74) is 0.486. The molecule has 0 spiro atoms. The van der Waals surface area contributed by atoms with Gasteiger partial charge in [0.1, 0.15) is 0 Å². The summed E-state index contributed by atoms with van der Waals surface area (Å²) in [6.45, 7) is 0. The topological polar surface area (TPSA) is 75.4 Å². The lowest BCUT2D eigenvalue weighted by atomic mass is 9.92. The molecule has 2 aliphatic heterocycles. The highest BCUT2D eigenvalue weighted by atomic mass is 16.4. The number of aromatic carboxylic acids is 1. The molecule has 3 heterocycles. The average Bonchev–Trinajstić information content (AvgIpc) is 2.96. The zero-order valence-corrected chi connectivity index (χ0v) is 17.2. The summed E-state index contributed by atoms with van der Waals surface area (Å²) in [6, 6.07) is 8.85. The number of aromatic nitrogens is 2. The largest absolute Gasteiger partial charge is 0.476 e. The van der Waals surface area contributed by atoms with Crippen LogP contribution in [0.5, 0.6) is 0 Å². The Balaban J connectivity index is 1.50. The lowest BCUT2D eigenvalue weighted by Gasteiger charge is -2.43. The van der Waals surface area contributed by atoms with Crippen molar-refractivity contribution >= 4 is 17.0 Å². The molecule has 30 heavy (non-hydrogen) atoms. The predicted octanol–water partition coefficient (Wildman–Crippen LogP) is 4.15. The van der Waals surface area contributed by atoms with E-state index in [-0.39, 0.29) is 11.7 Å². The number of para-hydroxylation sites is 2. The van der Waals surface area contributed by atoms with Gasteiger partial charge in [0.2, 0.25) is 5.69 Å². The minimum atomic E-state index is -1.25. The van der Waals surface area contributed by atoms with E-state index in [1.807, 2.05) is 18.2 Å². The highest BCUT2D eigenvalue weighted by molar-refractivity contribution is 5.88. The van der Waals surface area contributed by atoms with Crippen molar-refractivity contribution in [3.63, 3.8) is 0 Å². The summed E-state index contributed by atoms with van der Waals surface area (Å²) in [4.78, 5) is 31.6. The smallest absolute Gasteiger partial charge is 0.360 e. The zero-order chi connectivity index (χ0) is 20.7. The zero-order valence-electron chi connectivity index (χ0n) is 17.2. The van der Waals surface area contributed by atoms with Crippen molar-refractivity contribution in [2.75, 3.05) is 0 Å². The van der Waals surface area contributed by atoms with Gasteiger partial charge in [-0.1, -0.05) is 37.1 Å². The fourth-order valence-corrected chi connectivity index (χ4v) is 5.98. The molecule has 0 saturated carbocycles. The molecule has 3 aliphatic rings. The van der Waals surface area contributed by atoms with Gasteiger partial charge in [0.15, 0.2) is 0 Å². The third-order valence-electron chi connectivity index (χ3n) is 7.24. The van der Waals surface area contributed by atoms with E-state index in [4.69, 9.17) is 0 Å². The van der Waals surface area contributed by atoms with Gasteiger partial charge in [-0.15, -0.1) is 0 Å². The Morgan fingerprint density at radius 3 is 2.53 bits per heavy atom. The highest BCUT2D eigenvalue weighted by Crippen LogP contribution is 2.43. The summed E-state index contributed by atoms with van der Waals surface area (Å²) in [5, 5.41) is 9.53. The molecule has 5 rings (SSSR count). The number of carbonyl (C=O) groups is 1. The van der Waals surface area contributed by atoms with Crippen molar-refractivity contribution in [2.45, 2.75) is 82.0 Å². The summed E-state index contributed by atoms with van der Waals surface area (Å²) < 4.78 is 1.74. The second kappa shape index (κ2) is 7.99. The van der Waals surface area contributed by atoms with Crippen molar-refractivity contribution in [3.8, 4) is 0 Å². The molecule has 1 aromatic heterocycles. The molecule has 1 aromatic carbocycles. The second-order valence-electron chi connectivity index (χ2n) is 9.02. The molecule has 0 amide bonds. The number of carboxylic acid groups (broad SMARTS) is 1. The first-order valence-corrected chi connectivity index (χ1v) is 11.3. The van der Waals surface area contributed by atoms with Crippen molar-refractivity contribution in [3.05, 3.63) is 52.5 Å². The standard InChI is InChI=1S/C24H29N3O3/c28-23-22(24(29)30)25-20-10-6-7-11-21(20)27(23)19-14-17-12-13-18(15-19)26(17)16-8-4-2-1-3-5-9-16/h4,6-8,10-11,16-19H,1-3,5,9,12-15H2,(H,29,30)/b8-4-/t16?,17-,18?,19+/m0/s1. The lowest BCUT2D eigenvalue weighted by Crippen LogP contribution is -2.49. The van der Waals surface area contributed by atoms with Crippen LogP contribution in [0.15, 0.2) is 41.2 Å². The number of hydrogen-bond donors (Lipinski definition) is 1. The van der Waals surface area contributed by atoms with Crippen molar-refractivity contribution in [2.24, 2.45) is 0 Å². The number of rotatable bonds is 3. The van der Waals surface area contributed by atoms with Crippen LogP contribution in [0, 0.1) is 0 Å². The maximum absolute atomic E-state index is 13.1. The monoisotopic (exact) mass is 407 g/mol. The van der Waals surface area contributed by atoms with Crippen LogP contribution in [0.4, 0.5) is 0 Å². The average molecular weight is 408 g/mol. The third kappa shape index (κ3) is 3.37. The van der Waals surface area contributed by atoms with Gasteiger partial charge in [-0.3, -0.25) is 9.69 Å². The van der Waals surface area contributed by atoms with E-state index in [0.29, 0.717) is 23.6 Å². The quantitative estimate of drug-likeness (QED) is 0.774. The summed E-state index contributed by atoms with van der Waals surface area (Å²) >= 11 is 0. The number of benzene rings is 1. The van der Waals surface area contributed by atoms with Crippen LogP contribution in [-0.4, -0.2) is 43.7 Å². The first-order valence-electron chi connectivity index (χ1n) is 11.3. The second-order valence-corrected chi connectivity index (χ2v) is 9.02. The van der Waals surface area contributed by atoms with Crippen molar-refractivity contribution < 1.29 is 9.90 Å². The lowest BCUT2D eigenvalue weighted by molar-refractivity contribution is 0.0680. The number of allylic oxidation sites excluding steroid dienone is 1. The third-order valence-corrected chi connectivity index (χ3v) is 7.24. The molecule has 158 valence electrons. The molecule has 4 atom stereocenters. The fourth-order valence-electron chi connectivity index (χ4n) is 5.98. The van der Waals surface area contributed by atoms with Crippen molar-refractivity contribution in [1.82, 2.24) is 14.5 Å². The SMILES string of the molecule is O=C(O)c1nc2ccccc2n([C@H]2CC3CC[C@@H](C2)N3C2/C=C\CCCCC2)c1=O. The first-order chi connectivity index (χ1) is 14.6. The number of piperidine rings is 1. The normalized spacial score (nSPS) is 30.7. The molecule has 1 N–H and O–H groups in total. The van der Waals surface area contributed by atoms with Crippen LogP contribution in [0.1, 0.15) is 74.3 Å². The molecule has 6 heteroatoms. The summed E-state index contributed by atoms with van der Waals surface area (Å²) in [5.74, 6) is -1.25. The van der Waals surface area contributed by atoms with Gasteiger partial charge in [0, 0.05) is 24.2 Å². The van der Waals surface area contributed by atoms with Crippen molar-refractivity contribution in [1.29, 1.82) is 0 Å². The van der Waals surface area contributed by atoms with E-state index in [0.717, 1.165) is 31.2 Å². The summed E-state index contributed by atoms with van der Waals surface area (Å²) in [7, 11) is 0. The number of hydrogen-bond acceptors (Lipinski definition) is 4. The van der Waals surface area contributed by atoms with Crippen LogP contribution in [-0.2, 0) is 0 Å². The summed E-state index contributed by atoms with van der Waals surface area (Å²) in [6.07, 6.45) is 15.2. The van der Waals surface area contributed by atoms with E-state index < -0.39 is 11.5 Å². The molecular weight excluding hydrogens is 378 g/mol. The van der Waals surface area contributed by atoms with E-state index in [9.17, 15) is 14.7 Å². The molecule has 2 aromatic rings. The van der Waals surface area contributed by atoms with E-state index in [2.05, 4.69) is 22.0 Å². The van der Waals surface area contributed by atoms with Crippen LogP contribution >= 0.6 is 0 Å². The van der Waals surface area contributed by atoms with E-state index in [1.54, 1.807) is 10.6 Å².